The van der Waals surface area contributed by atoms with Crippen molar-refractivity contribution in [3.8, 4) is 0 Å². The fourth-order valence-corrected chi connectivity index (χ4v) is 3.09. The van der Waals surface area contributed by atoms with Crippen LogP contribution in [0.4, 0.5) is 0 Å². The largest absolute Gasteiger partial charge is 0.392 e. The second-order valence-corrected chi connectivity index (χ2v) is 6.51. The molecule has 0 fully saturated rings. The van der Waals surface area contributed by atoms with Gasteiger partial charge in [-0.2, -0.15) is 0 Å². The van der Waals surface area contributed by atoms with Crippen LogP contribution in [0.5, 0.6) is 0 Å². The van der Waals surface area contributed by atoms with E-state index in [1.54, 1.807) is 5.48 Å². The molecular formula is C20H24ClNO4. The zero-order valence-electron chi connectivity index (χ0n) is 14.7. The molecule has 0 spiro atoms. The Morgan fingerprint density at radius 2 is 1.73 bits per heavy atom. The maximum Gasteiger partial charge on any atom is 0.245 e. The Hall–Kier alpha value is -1.92. The minimum Gasteiger partial charge on any atom is -0.392 e. The SMILES string of the molecule is CCO[C@H](CC(=O)NO)[C@H](Cc1ccc(Cl)cc1)c1ccc(CO)cc1. The van der Waals surface area contributed by atoms with Crippen molar-refractivity contribution in [1.82, 2.24) is 5.48 Å². The van der Waals surface area contributed by atoms with Gasteiger partial charge in [0, 0.05) is 17.5 Å². The molecule has 0 aliphatic heterocycles. The van der Waals surface area contributed by atoms with E-state index in [4.69, 9.17) is 21.5 Å². The molecular weight excluding hydrogens is 354 g/mol. The predicted octanol–water partition coefficient (Wildman–Crippen LogP) is 3.46. The monoisotopic (exact) mass is 377 g/mol. The molecule has 2 rings (SSSR count). The lowest BCUT2D eigenvalue weighted by Crippen LogP contribution is -2.31. The number of rotatable bonds is 9. The fourth-order valence-electron chi connectivity index (χ4n) is 2.97. The summed E-state index contributed by atoms with van der Waals surface area (Å²) in [6.45, 7) is 2.30. The van der Waals surface area contributed by atoms with E-state index in [2.05, 4.69) is 0 Å². The molecule has 0 bridgehead atoms. The first-order valence-corrected chi connectivity index (χ1v) is 8.93. The van der Waals surface area contributed by atoms with Gasteiger partial charge >= 0.3 is 0 Å². The molecule has 5 nitrogen and oxygen atoms in total. The molecule has 140 valence electrons. The Morgan fingerprint density at radius 1 is 1.12 bits per heavy atom. The number of amides is 1. The summed E-state index contributed by atoms with van der Waals surface area (Å²) in [7, 11) is 0. The van der Waals surface area contributed by atoms with Crippen LogP contribution in [0.3, 0.4) is 0 Å². The third kappa shape index (κ3) is 5.81. The molecule has 26 heavy (non-hydrogen) atoms. The molecule has 0 aliphatic rings. The van der Waals surface area contributed by atoms with Crippen molar-refractivity contribution in [2.75, 3.05) is 6.61 Å². The highest BCUT2D eigenvalue weighted by molar-refractivity contribution is 6.30. The van der Waals surface area contributed by atoms with Gasteiger partial charge in [-0.25, -0.2) is 5.48 Å². The summed E-state index contributed by atoms with van der Waals surface area (Å²) in [5.74, 6) is -0.585. The number of carbonyl (C=O) groups is 1. The van der Waals surface area contributed by atoms with E-state index in [0.29, 0.717) is 18.1 Å². The molecule has 3 N–H and O–H groups in total. The molecule has 6 heteroatoms. The number of hydrogen-bond acceptors (Lipinski definition) is 4. The summed E-state index contributed by atoms with van der Waals surface area (Å²) in [5.41, 5.74) is 4.57. The Bertz CT molecular complexity index is 688. The summed E-state index contributed by atoms with van der Waals surface area (Å²) >= 11 is 5.97. The number of aliphatic hydroxyl groups is 1. The average molecular weight is 378 g/mol. The second-order valence-electron chi connectivity index (χ2n) is 6.07. The first-order valence-electron chi connectivity index (χ1n) is 8.56. The smallest absolute Gasteiger partial charge is 0.245 e. The van der Waals surface area contributed by atoms with E-state index in [-0.39, 0.29) is 18.9 Å². The Morgan fingerprint density at radius 3 is 2.27 bits per heavy atom. The van der Waals surface area contributed by atoms with Gasteiger partial charge in [-0.05, 0) is 42.2 Å². The van der Waals surface area contributed by atoms with E-state index in [9.17, 15) is 9.90 Å². The van der Waals surface area contributed by atoms with Gasteiger partial charge in [0.2, 0.25) is 5.91 Å². The number of aliphatic hydroxyl groups excluding tert-OH is 1. The third-order valence-electron chi connectivity index (χ3n) is 4.30. The Labute approximate surface area is 158 Å². The number of carbonyl (C=O) groups excluding carboxylic acids is 1. The topological polar surface area (TPSA) is 78.8 Å². The molecule has 0 aromatic heterocycles. The van der Waals surface area contributed by atoms with Crippen molar-refractivity contribution in [2.24, 2.45) is 0 Å². The highest BCUT2D eigenvalue weighted by Crippen LogP contribution is 2.29. The van der Waals surface area contributed by atoms with Crippen LogP contribution < -0.4 is 5.48 Å². The number of ether oxygens (including phenoxy) is 1. The van der Waals surface area contributed by atoms with E-state index in [0.717, 1.165) is 16.7 Å². The van der Waals surface area contributed by atoms with Crippen LogP contribution in [0, 0.1) is 0 Å². The van der Waals surface area contributed by atoms with Crippen LogP contribution in [-0.2, 0) is 22.6 Å². The lowest BCUT2D eigenvalue weighted by molar-refractivity contribution is -0.132. The average Bonchev–Trinajstić information content (AvgIpc) is 2.67. The van der Waals surface area contributed by atoms with Crippen molar-refractivity contribution < 1.29 is 19.8 Å². The highest BCUT2D eigenvalue weighted by Gasteiger charge is 2.26. The zero-order valence-corrected chi connectivity index (χ0v) is 15.4. The van der Waals surface area contributed by atoms with Gasteiger partial charge in [-0.3, -0.25) is 10.0 Å². The van der Waals surface area contributed by atoms with Crippen LogP contribution in [0.25, 0.3) is 0 Å². The van der Waals surface area contributed by atoms with Gasteiger partial charge in [0.1, 0.15) is 0 Å². The maximum absolute atomic E-state index is 11.7. The van der Waals surface area contributed by atoms with Crippen LogP contribution >= 0.6 is 11.6 Å². The number of hydroxylamine groups is 1. The Balaban J connectivity index is 2.33. The number of hydrogen-bond donors (Lipinski definition) is 3. The molecule has 0 unspecified atom stereocenters. The van der Waals surface area contributed by atoms with Crippen LogP contribution in [0.2, 0.25) is 5.02 Å². The molecule has 0 aliphatic carbocycles. The number of nitrogens with one attached hydrogen (secondary N) is 1. The van der Waals surface area contributed by atoms with Crippen LogP contribution in [0.15, 0.2) is 48.5 Å². The minimum absolute atomic E-state index is 0.0239. The van der Waals surface area contributed by atoms with Gasteiger partial charge in [-0.15, -0.1) is 0 Å². The van der Waals surface area contributed by atoms with Crippen molar-refractivity contribution in [3.05, 3.63) is 70.2 Å². The maximum atomic E-state index is 11.7. The standard InChI is InChI=1S/C20H24ClNO4/c1-2-26-19(12-20(24)22-25)18(11-14-5-9-17(21)10-6-14)16-7-3-15(13-23)4-8-16/h3-10,18-19,23,25H,2,11-13H2,1H3,(H,22,24)/t18-,19-/m1/s1. The molecule has 2 aromatic carbocycles. The molecule has 0 saturated carbocycles. The summed E-state index contributed by atoms with van der Waals surface area (Å²) in [6, 6.07) is 15.2. The number of halogens is 1. The van der Waals surface area contributed by atoms with Gasteiger partial charge < -0.3 is 9.84 Å². The lowest BCUT2D eigenvalue weighted by atomic mass is 9.85. The summed E-state index contributed by atoms with van der Waals surface area (Å²) in [6.07, 6.45) is 0.298. The minimum atomic E-state index is -0.489. The van der Waals surface area contributed by atoms with Crippen LogP contribution in [-0.4, -0.2) is 28.9 Å². The molecule has 0 heterocycles. The zero-order chi connectivity index (χ0) is 18.9. The fraction of sp³-hybridized carbons (Fsp3) is 0.350. The van der Waals surface area contributed by atoms with E-state index >= 15 is 0 Å². The first-order chi connectivity index (χ1) is 12.6. The summed E-state index contributed by atoms with van der Waals surface area (Å²) in [4.78, 5) is 11.7. The second kappa shape index (κ2) is 10.3. The van der Waals surface area contributed by atoms with E-state index < -0.39 is 12.0 Å². The van der Waals surface area contributed by atoms with Crippen LogP contribution in [0.1, 0.15) is 36.0 Å². The van der Waals surface area contributed by atoms with Gasteiger partial charge in [-0.1, -0.05) is 48.0 Å². The van der Waals surface area contributed by atoms with E-state index in [1.807, 2.05) is 55.5 Å². The number of benzene rings is 2. The molecule has 0 radical (unpaired) electrons. The third-order valence-corrected chi connectivity index (χ3v) is 4.55. The molecule has 1 amide bonds. The molecule has 2 aromatic rings. The normalized spacial score (nSPS) is 13.2. The van der Waals surface area contributed by atoms with Gasteiger partial charge in [0.15, 0.2) is 0 Å². The lowest BCUT2D eigenvalue weighted by Gasteiger charge is -2.27. The quantitative estimate of drug-likeness (QED) is 0.462. The van der Waals surface area contributed by atoms with Crippen molar-refractivity contribution in [1.29, 1.82) is 0 Å². The van der Waals surface area contributed by atoms with Crippen molar-refractivity contribution in [3.63, 3.8) is 0 Å². The first kappa shape index (κ1) is 20.4. The molecule has 2 atom stereocenters. The highest BCUT2D eigenvalue weighted by atomic mass is 35.5. The predicted molar refractivity (Wildman–Crippen MR) is 100 cm³/mol. The van der Waals surface area contributed by atoms with Gasteiger partial charge in [0.25, 0.3) is 0 Å². The van der Waals surface area contributed by atoms with Crippen molar-refractivity contribution >= 4 is 17.5 Å². The Kier molecular flexibility index (Phi) is 8.06. The van der Waals surface area contributed by atoms with E-state index in [1.165, 1.54) is 0 Å². The summed E-state index contributed by atoms with van der Waals surface area (Å²) in [5, 5.41) is 18.8. The van der Waals surface area contributed by atoms with Crippen molar-refractivity contribution in [2.45, 2.75) is 38.4 Å². The molecule has 0 saturated heterocycles. The summed E-state index contributed by atoms with van der Waals surface area (Å²) < 4.78 is 5.84. The van der Waals surface area contributed by atoms with Gasteiger partial charge in [0.05, 0.1) is 19.1 Å².